The van der Waals surface area contributed by atoms with Crippen molar-refractivity contribution in [2.45, 2.75) is 31.1 Å². The first kappa shape index (κ1) is 17.1. The van der Waals surface area contributed by atoms with Crippen molar-refractivity contribution in [2.75, 3.05) is 17.2 Å². The summed E-state index contributed by atoms with van der Waals surface area (Å²) in [5.74, 6) is 0.652. The molecule has 0 radical (unpaired) electrons. The van der Waals surface area contributed by atoms with Crippen LogP contribution >= 0.6 is 11.8 Å². The van der Waals surface area contributed by atoms with E-state index in [0.717, 1.165) is 30.6 Å². The van der Waals surface area contributed by atoms with Crippen LogP contribution in [0.4, 0.5) is 5.69 Å². The predicted molar refractivity (Wildman–Crippen MR) is 100 cm³/mol. The second kappa shape index (κ2) is 7.86. The van der Waals surface area contributed by atoms with E-state index in [0.29, 0.717) is 5.75 Å². The van der Waals surface area contributed by atoms with Gasteiger partial charge in [-0.1, -0.05) is 48.5 Å². The van der Waals surface area contributed by atoms with Gasteiger partial charge >= 0.3 is 0 Å². The Balaban J connectivity index is 1.61. The lowest BCUT2D eigenvalue weighted by molar-refractivity contribution is -0.117. The highest BCUT2D eigenvalue weighted by atomic mass is 32.2. The van der Waals surface area contributed by atoms with Gasteiger partial charge in [-0.05, 0) is 37.0 Å². The molecule has 1 N–H and O–H groups in total. The number of amides is 1. The van der Waals surface area contributed by atoms with Crippen molar-refractivity contribution in [3.05, 3.63) is 65.7 Å². The Hall–Kier alpha value is -1.78. The monoisotopic (exact) mass is 341 g/mol. The Labute approximate surface area is 147 Å². The largest absolute Gasteiger partial charge is 0.388 e. The van der Waals surface area contributed by atoms with Crippen LogP contribution < -0.4 is 4.90 Å². The summed E-state index contributed by atoms with van der Waals surface area (Å²) in [7, 11) is 0. The van der Waals surface area contributed by atoms with E-state index in [2.05, 4.69) is 6.07 Å². The van der Waals surface area contributed by atoms with Gasteiger partial charge in [0.15, 0.2) is 0 Å². The SMILES string of the molecule is C[C@@H](SC[C@H](O)c1ccccc1)C(=O)N1CCCc2ccccc21. The number of hydrogen-bond donors (Lipinski definition) is 1. The Bertz CT molecular complexity index is 689. The Morgan fingerprint density at radius 2 is 1.88 bits per heavy atom. The number of para-hydroxylation sites is 1. The van der Waals surface area contributed by atoms with Crippen LogP contribution in [-0.2, 0) is 11.2 Å². The van der Waals surface area contributed by atoms with E-state index in [9.17, 15) is 9.90 Å². The molecule has 0 saturated heterocycles. The van der Waals surface area contributed by atoms with E-state index in [1.807, 2.05) is 60.4 Å². The number of carbonyl (C=O) groups is 1. The van der Waals surface area contributed by atoms with Crippen molar-refractivity contribution in [3.8, 4) is 0 Å². The number of fused-ring (bicyclic) bond motifs is 1. The highest BCUT2D eigenvalue weighted by Crippen LogP contribution is 2.29. The topological polar surface area (TPSA) is 40.5 Å². The van der Waals surface area contributed by atoms with Gasteiger partial charge in [0.25, 0.3) is 0 Å². The molecule has 1 aliphatic heterocycles. The molecule has 126 valence electrons. The standard InChI is InChI=1S/C20H23NO2S/c1-15(24-14-19(22)17-9-3-2-4-10-17)20(23)21-13-7-11-16-8-5-6-12-18(16)21/h2-6,8-10,12,15,19,22H,7,11,13-14H2,1H3/t15-,19+/m1/s1. The number of thioether (sulfide) groups is 1. The fourth-order valence-corrected chi connectivity index (χ4v) is 3.99. The first-order chi connectivity index (χ1) is 11.7. The van der Waals surface area contributed by atoms with Gasteiger partial charge < -0.3 is 10.0 Å². The molecule has 0 bridgehead atoms. The number of benzene rings is 2. The first-order valence-corrected chi connectivity index (χ1v) is 9.45. The summed E-state index contributed by atoms with van der Waals surface area (Å²) in [5.41, 5.74) is 3.19. The normalized spacial score (nSPS) is 16.3. The molecule has 0 spiro atoms. The molecule has 1 amide bonds. The van der Waals surface area contributed by atoms with Gasteiger partial charge in [-0.25, -0.2) is 0 Å². The number of hydrogen-bond acceptors (Lipinski definition) is 3. The summed E-state index contributed by atoms with van der Waals surface area (Å²) in [6, 6.07) is 17.8. The molecule has 0 fully saturated rings. The first-order valence-electron chi connectivity index (χ1n) is 8.40. The summed E-state index contributed by atoms with van der Waals surface area (Å²) in [5, 5.41) is 10.1. The van der Waals surface area contributed by atoms with E-state index < -0.39 is 6.10 Å². The lowest BCUT2D eigenvalue weighted by Gasteiger charge is -2.31. The molecule has 0 saturated carbocycles. The molecule has 1 aliphatic rings. The molecule has 24 heavy (non-hydrogen) atoms. The van der Waals surface area contributed by atoms with Gasteiger partial charge in [0.05, 0.1) is 11.4 Å². The predicted octanol–water partition coefficient (Wildman–Crippen LogP) is 3.82. The third-order valence-corrected chi connectivity index (χ3v) is 5.62. The van der Waals surface area contributed by atoms with Crippen molar-refractivity contribution < 1.29 is 9.90 Å². The van der Waals surface area contributed by atoms with E-state index in [1.165, 1.54) is 17.3 Å². The molecule has 3 nitrogen and oxygen atoms in total. The van der Waals surface area contributed by atoms with Gasteiger partial charge in [-0.2, -0.15) is 0 Å². The van der Waals surface area contributed by atoms with E-state index >= 15 is 0 Å². The summed E-state index contributed by atoms with van der Waals surface area (Å²) in [4.78, 5) is 14.7. The van der Waals surface area contributed by atoms with Crippen molar-refractivity contribution in [2.24, 2.45) is 0 Å². The summed E-state index contributed by atoms with van der Waals surface area (Å²) < 4.78 is 0. The summed E-state index contributed by atoms with van der Waals surface area (Å²) in [6.45, 7) is 2.71. The number of anilines is 1. The maximum atomic E-state index is 12.8. The second-order valence-electron chi connectivity index (χ2n) is 6.12. The average Bonchev–Trinajstić information content (AvgIpc) is 2.65. The lowest BCUT2D eigenvalue weighted by atomic mass is 10.0. The van der Waals surface area contributed by atoms with E-state index in [-0.39, 0.29) is 11.2 Å². The molecular formula is C20H23NO2S. The molecule has 2 aromatic rings. The maximum Gasteiger partial charge on any atom is 0.239 e. The van der Waals surface area contributed by atoms with Crippen LogP contribution in [0.25, 0.3) is 0 Å². The zero-order chi connectivity index (χ0) is 16.9. The van der Waals surface area contributed by atoms with E-state index in [4.69, 9.17) is 0 Å². The number of rotatable bonds is 5. The van der Waals surface area contributed by atoms with Crippen LogP contribution in [0, 0.1) is 0 Å². The molecule has 2 aromatic carbocycles. The molecule has 0 aromatic heterocycles. The zero-order valence-corrected chi connectivity index (χ0v) is 14.7. The van der Waals surface area contributed by atoms with Crippen molar-refractivity contribution in [1.82, 2.24) is 0 Å². The van der Waals surface area contributed by atoms with Crippen LogP contribution in [0.3, 0.4) is 0 Å². The fourth-order valence-electron chi connectivity index (χ4n) is 3.06. The number of aliphatic hydroxyl groups is 1. The van der Waals surface area contributed by atoms with Crippen LogP contribution in [0.5, 0.6) is 0 Å². The Morgan fingerprint density at radius 3 is 2.67 bits per heavy atom. The summed E-state index contributed by atoms with van der Waals surface area (Å²) in [6.07, 6.45) is 1.50. The van der Waals surface area contributed by atoms with Crippen LogP contribution in [-0.4, -0.2) is 28.6 Å². The molecular weight excluding hydrogens is 318 g/mol. The molecule has 3 rings (SSSR count). The maximum absolute atomic E-state index is 12.8. The third-order valence-electron chi connectivity index (χ3n) is 4.41. The van der Waals surface area contributed by atoms with E-state index in [1.54, 1.807) is 0 Å². The number of carbonyl (C=O) groups excluding carboxylic acids is 1. The molecule has 0 aliphatic carbocycles. The highest BCUT2D eigenvalue weighted by molar-refractivity contribution is 8.00. The highest BCUT2D eigenvalue weighted by Gasteiger charge is 2.26. The van der Waals surface area contributed by atoms with Crippen molar-refractivity contribution in [3.63, 3.8) is 0 Å². The molecule has 0 unspecified atom stereocenters. The smallest absolute Gasteiger partial charge is 0.239 e. The Kier molecular flexibility index (Phi) is 5.59. The van der Waals surface area contributed by atoms with Gasteiger partial charge in [-0.3, -0.25) is 4.79 Å². The van der Waals surface area contributed by atoms with Crippen LogP contribution in [0.1, 0.15) is 30.6 Å². The minimum Gasteiger partial charge on any atom is -0.388 e. The van der Waals surface area contributed by atoms with Gasteiger partial charge in [-0.15, -0.1) is 11.8 Å². The minimum absolute atomic E-state index is 0.132. The zero-order valence-electron chi connectivity index (χ0n) is 13.9. The molecule has 4 heteroatoms. The second-order valence-corrected chi connectivity index (χ2v) is 7.50. The van der Waals surface area contributed by atoms with Crippen LogP contribution in [0.15, 0.2) is 54.6 Å². The van der Waals surface area contributed by atoms with Crippen LogP contribution in [0.2, 0.25) is 0 Å². The average molecular weight is 341 g/mol. The minimum atomic E-state index is -0.542. The number of nitrogens with zero attached hydrogens (tertiary/aromatic N) is 1. The fraction of sp³-hybridized carbons (Fsp3) is 0.350. The van der Waals surface area contributed by atoms with Gasteiger partial charge in [0.1, 0.15) is 0 Å². The van der Waals surface area contributed by atoms with Crippen molar-refractivity contribution >= 4 is 23.4 Å². The van der Waals surface area contributed by atoms with Gasteiger partial charge in [0, 0.05) is 18.0 Å². The number of aryl methyl sites for hydroxylation is 1. The third kappa shape index (κ3) is 3.82. The van der Waals surface area contributed by atoms with Crippen molar-refractivity contribution in [1.29, 1.82) is 0 Å². The lowest BCUT2D eigenvalue weighted by Crippen LogP contribution is -2.40. The summed E-state index contributed by atoms with van der Waals surface area (Å²) >= 11 is 1.51. The molecule has 1 heterocycles. The van der Waals surface area contributed by atoms with Gasteiger partial charge in [0.2, 0.25) is 5.91 Å². The quantitative estimate of drug-likeness (QED) is 0.899. The Morgan fingerprint density at radius 1 is 1.17 bits per heavy atom. The molecule has 2 atom stereocenters. The number of aliphatic hydroxyl groups excluding tert-OH is 1.